The summed E-state index contributed by atoms with van der Waals surface area (Å²) in [5.41, 5.74) is 1.22. The number of likely N-dealkylation sites (N-methyl/N-ethyl adjacent to an activating group) is 1. The number of nitrogens with one attached hydrogen (secondary N) is 2. The predicted molar refractivity (Wildman–Crippen MR) is 77.8 cm³/mol. The van der Waals surface area contributed by atoms with Crippen LogP contribution in [0, 0.1) is 5.92 Å². The minimum absolute atomic E-state index is 0.0781. The Morgan fingerprint density at radius 3 is 2.58 bits per heavy atom. The molecule has 1 saturated carbocycles. The second-order valence-corrected chi connectivity index (χ2v) is 5.45. The van der Waals surface area contributed by atoms with E-state index in [2.05, 4.69) is 22.8 Å². The van der Waals surface area contributed by atoms with Crippen LogP contribution >= 0.6 is 0 Å². The average Bonchev–Trinajstić information content (AvgIpc) is 2.92. The van der Waals surface area contributed by atoms with Crippen LogP contribution in [0.25, 0.3) is 0 Å². The fraction of sp³-hybridized carbons (Fsp3) is 0.562. The fourth-order valence-electron chi connectivity index (χ4n) is 2.95. The van der Waals surface area contributed by atoms with Gasteiger partial charge in [-0.05, 0) is 24.9 Å². The third-order valence-electron chi connectivity index (χ3n) is 3.92. The van der Waals surface area contributed by atoms with Crippen LogP contribution < -0.4 is 10.6 Å². The quantitative estimate of drug-likeness (QED) is 0.825. The molecule has 0 aliphatic heterocycles. The Labute approximate surface area is 115 Å². The lowest BCUT2D eigenvalue weighted by Crippen LogP contribution is -2.35. The largest absolute Gasteiger partial charge is 0.348 e. The molecule has 1 aliphatic rings. The van der Waals surface area contributed by atoms with Gasteiger partial charge in [-0.25, -0.2) is 0 Å². The summed E-state index contributed by atoms with van der Waals surface area (Å²) in [6.07, 6.45) is 6.38. The standard InChI is InChI=1S/C16H24N2O/c1-17-12-16(19)18-15(11-13-7-5-6-8-13)14-9-3-2-4-10-14/h2-4,9-10,13,15,17H,5-8,11-12H2,1H3,(H,18,19). The molecule has 0 saturated heterocycles. The molecule has 0 radical (unpaired) electrons. The summed E-state index contributed by atoms with van der Waals surface area (Å²) < 4.78 is 0. The first-order chi connectivity index (χ1) is 9.29. The van der Waals surface area contributed by atoms with Gasteiger partial charge >= 0.3 is 0 Å². The van der Waals surface area contributed by atoms with E-state index in [0.29, 0.717) is 6.54 Å². The molecule has 0 bridgehead atoms. The van der Waals surface area contributed by atoms with Crippen molar-refractivity contribution in [1.82, 2.24) is 10.6 Å². The maximum Gasteiger partial charge on any atom is 0.234 e. The molecule has 1 atom stereocenters. The highest BCUT2D eigenvalue weighted by Crippen LogP contribution is 2.32. The van der Waals surface area contributed by atoms with Crippen LogP contribution in [-0.4, -0.2) is 19.5 Å². The van der Waals surface area contributed by atoms with Gasteiger partial charge in [0.2, 0.25) is 5.91 Å². The van der Waals surface area contributed by atoms with Crippen LogP contribution in [0.4, 0.5) is 0 Å². The van der Waals surface area contributed by atoms with Crippen molar-refractivity contribution in [3.05, 3.63) is 35.9 Å². The van der Waals surface area contributed by atoms with E-state index in [1.165, 1.54) is 31.2 Å². The van der Waals surface area contributed by atoms with Crippen LogP contribution in [0.5, 0.6) is 0 Å². The number of hydrogen-bond donors (Lipinski definition) is 2. The molecule has 1 unspecified atom stereocenters. The van der Waals surface area contributed by atoms with Gasteiger partial charge in [-0.3, -0.25) is 4.79 Å². The Balaban J connectivity index is 2.01. The zero-order chi connectivity index (χ0) is 13.5. The van der Waals surface area contributed by atoms with E-state index in [1.807, 2.05) is 18.2 Å². The summed E-state index contributed by atoms with van der Waals surface area (Å²) >= 11 is 0. The Kier molecular flexibility index (Phi) is 5.40. The van der Waals surface area contributed by atoms with E-state index >= 15 is 0 Å². The first-order valence-electron chi connectivity index (χ1n) is 7.28. The van der Waals surface area contributed by atoms with E-state index in [0.717, 1.165) is 12.3 Å². The molecule has 0 spiro atoms. The van der Waals surface area contributed by atoms with Gasteiger partial charge in [-0.1, -0.05) is 56.0 Å². The Morgan fingerprint density at radius 1 is 1.26 bits per heavy atom. The van der Waals surface area contributed by atoms with Crippen molar-refractivity contribution in [2.24, 2.45) is 5.92 Å². The molecule has 2 N–H and O–H groups in total. The molecule has 1 fully saturated rings. The lowest BCUT2D eigenvalue weighted by molar-refractivity contribution is -0.121. The van der Waals surface area contributed by atoms with Crippen molar-refractivity contribution >= 4 is 5.91 Å². The van der Waals surface area contributed by atoms with Crippen LogP contribution in [0.15, 0.2) is 30.3 Å². The molecular formula is C16H24N2O. The van der Waals surface area contributed by atoms with Crippen molar-refractivity contribution in [3.63, 3.8) is 0 Å². The minimum atomic E-state index is 0.0781. The summed E-state index contributed by atoms with van der Waals surface area (Å²) in [4.78, 5) is 11.8. The molecule has 1 amide bonds. The first-order valence-corrected chi connectivity index (χ1v) is 7.28. The van der Waals surface area contributed by atoms with Crippen molar-refractivity contribution in [3.8, 4) is 0 Å². The van der Waals surface area contributed by atoms with Crippen molar-refractivity contribution in [1.29, 1.82) is 0 Å². The molecular weight excluding hydrogens is 236 g/mol. The van der Waals surface area contributed by atoms with E-state index in [1.54, 1.807) is 7.05 Å². The SMILES string of the molecule is CNCC(=O)NC(CC1CCCC1)c1ccccc1. The third-order valence-corrected chi connectivity index (χ3v) is 3.92. The molecule has 1 aromatic rings. The minimum Gasteiger partial charge on any atom is -0.348 e. The Hall–Kier alpha value is -1.35. The zero-order valence-electron chi connectivity index (χ0n) is 11.7. The van der Waals surface area contributed by atoms with Gasteiger partial charge in [0.15, 0.2) is 0 Å². The van der Waals surface area contributed by atoms with Crippen LogP contribution in [-0.2, 0) is 4.79 Å². The molecule has 1 aliphatic carbocycles. The van der Waals surface area contributed by atoms with E-state index in [9.17, 15) is 4.79 Å². The van der Waals surface area contributed by atoms with E-state index < -0.39 is 0 Å². The smallest absolute Gasteiger partial charge is 0.234 e. The van der Waals surface area contributed by atoms with Crippen molar-refractivity contribution in [2.45, 2.75) is 38.1 Å². The van der Waals surface area contributed by atoms with Gasteiger partial charge in [-0.15, -0.1) is 0 Å². The van der Waals surface area contributed by atoms with E-state index in [4.69, 9.17) is 0 Å². The lowest BCUT2D eigenvalue weighted by Gasteiger charge is -2.22. The van der Waals surface area contributed by atoms with Gasteiger partial charge in [0, 0.05) is 0 Å². The topological polar surface area (TPSA) is 41.1 Å². The molecule has 3 nitrogen and oxygen atoms in total. The summed E-state index contributed by atoms with van der Waals surface area (Å²) in [5.74, 6) is 0.842. The Bertz CT molecular complexity index is 385. The molecule has 104 valence electrons. The number of amides is 1. The van der Waals surface area contributed by atoms with Crippen molar-refractivity contribution < 1.29 is 4.79 Å². The molecule has 0 aromatic heterocycles. The van der Waals surface area contributed by atoms with Gasteiger partial charge in [0.05, 0.1) is 12.6 Å². The molecule has 19 heavy (non-hydrogen) atoms. The number of carbonyl (C=O) groups excluding carboxylic acids is 1. The fourth-order valence-corrected chi connectivity index (χ4v) is 2.95. The highest BCUT2D eigenvalue weighted by Gasteiger charge is 2.22. The molecule has 2 rings (SSSR count). The summed E-state index contributed by atoms with van der Waals surface area (Å²) in [7, 11) is 1.80. The zero-order valence-corrected chi connectivity index (χ0v) is 11.7. The second-order valence-electron chi connectivity index (χ2n) is 5.45. The number of benzene rings is 1. The number of carbonyl (C=O) groups is 1. The average molecular weight is 260 g/mol. The van der Waals surface area contributed by atoms with Crippen LogP contribution in [0.1, 0.15) is 43.7 Å². The van der Waals surface area contributed by atoms with Gasteiger partial charge < -0.3 is 10.6 Å². The second kappa shape index (κ2) is 7.29. The molecule has 0 heterocycles. The maximum atomic E-state index is 11.8. The maximum absolute atomic E-state index is 11.8. The summed E-state index contributed by atoms with van der Waals surface area (Å²) in [6, 6.07) is 10.5. The lowest BCUT2D eigenvalue weighted by atomic mass is 9.93. The van der Waals surface area contributed by atoms with Gasteiger partial charge in [-0.2, -0.15) is 0 Å². The number of hydrogen-bond acceptors (Lipinski definition) is 2. The van der Waals surface area contributed by atoms with Gasteiger partial charge in [0.25, 0.3) is 0 Å². The molecule has 3 heteroatoms. The highest BCUT2D eigenvalue weighted by molar-refractivity contribution is 5.78. The Morgan fingerprint density at radius 2 is 1.95 bits per heavy atom. The molecule has 1 aromatic carbocycles. The highest BCUT2D eigenvalue weighted by atomic mass is 16.1. The summed E-state index contributed by atoms with van der Waals surface area (Å²) in [5, 5.41) is 6.07. The normalized spacial score (nSPS) is 17.3. The number of rotatable bonds is 6. The van der Waals surface area contributed by atoms with Gasteiger partial charge in [0.1, 0.15) is 0 Å². The first kappa shape index (κ1) is 14.1. The van der Waals surface area contributed by atoms with Crippen LogP contribution in [0.3, 0.4) is 0 Å². The monoisotopic (exact) mass is 260 g/mol. The third kappa shape index (κ3) is 4.35. The summed E-state index contributed by atoms with van der Waals surface area (Å²) in [6.45, 7) is 0.383. The van der Waals surface area contributed by atoms with Crippen molar-refractivity contribution in [2.75, 3.05) is 13.6 Å². The predicted octanol–water partition coefficient (Wildman–Crippen LogP) is 2.64. The van der Waals surface area contributed by atoms with Crippen LogP contribution in [0.2, 0.25) is 0 Å². The van der Waals surface area contributed by atoms with E-state index in [-0.39, 0.29) is 11.9 Å².